The van der Waals surface area contributed by atoms with E-state index < -0.39 is 5.97 Å². The summed E-state index contributed by atoms with van der Waals surface area (Å²) in [6.45, 7) is 4.19. The zero-order valence-corrected chi connectivity index (χ0v) is 14.0. The standard InChI is InChI=1S/C19H22N2O3/c1-3-6-14-9-11-16(12-10-14)20-19(23)21-17-8-5-7-15(13-17)18(22)24-4-2/h5,7-13H,3-4,6H2,1-2H3,(H2,20,21,23). The Morgan fingerprint density at radius 3 is 2.33 bits per heavy atom. The second-order valence-corrected chi connectivity index (χ2v) is 5.33. The van der Waals surface area contributed by atoms with Gasteiger partial charge < -0.3 is 15.4 Å². The lowest BCUT2D eigenvalue weighted by Gasteiger charge is -2.09. The zero-order valence-electron chi connectivity index (χ0n) is 14.0. The van der Waals surface area contributed by atoms with E-state index >= 15 is 0 Å². The third kappa shape index (κ3) is 5.12. The fourth-order valence-corrected chi connectivity index (χ4v) is 2.28. The average molecular weight is 326 g/mol. The van der Waals surface area contributed by atoms with Crippen LogP contribution in [-0.2, 0) is 11.2 Å². The molecule has 0 unspecified atom stereocenters. The van der Waals surface area contributed by atoms with Gasteiger partial charge in [-0.25, -0.2) is 9.59 Å². The number of carbonyl (C=O) groups is 2. The normalized spacial score (nSPS) is 10.1. The molecular formula is C19H22N2O3. The highest BCUT2D eigenvalue weighted by atomic mass is 16.5. The Bertz CT molecular complexity index is 696. The summed E-state index contributed by atoms with van der Waals surface area (Å²) in [6, 6.07) is 14.0. The Morgan fingerprint density at radius 1 is 0.958 bits per heavy atom. The van der Waals surface area contributed by atoms with Gasteiger partial charge in [0.05, 0.1) is 12.2 Å². The van der Waals surface area contributed by atoms with Crippen LogP contribution in [0.1, 0.15) is 36.2 Å². The van der Waals surface area contributed by atoms with Crippen LogP contribution in [0.3, 0.4) is 0 Å². The van der Waals surface area contributed by atoms with Crippen LogP contribution in [0, 0.1) is 0 Å². The minimum atomic E-state index is -0.409. The summed E-state index contributed by atoms with van der Waals surface area (Å²) in [5, 5.41) is 5.48. The smallest absolute Gasteiger partial charge is 0.338 e. The lowest BCUT2D eigenvalue weighted by atomic mass is 10.1. The SMILES string of the molecule is CCCc1ccc(NC(=O)Nc2cccc(C(=O)OCC)c2)cc1. The molecule has 0 bridgehead atoms. The summed E-state index contributed by atoms with van der Waals surface area (Å²) < 4.78 is 4.95. The number of anilines is 2. The molecule has 2 aromatic rings. The summed E-state index contributed by atoms with van der Waals surface area (Å²) in [6.07, 6.45) is 2.11. The molecule has 5 heteroatoms. The van der Waals surface area contributed by atoms with Gasteiger partial charge in [-0.1, -0.05) is 31.5 Å². The molecule has 24 heavy (non-hydrogen) atoms. The number of rotatable bonds is 6. The van der Waals surface area contributed by atoms with Crippen LogP contribution in [-0.4, -0.2) is 18.6 Å². The molecule has 2 N–H and O–H groups in total. The van der Waals surface area contributed by atoms with Gasteiger partial charge in [-0.3, -0.25) is 0 Å². The Balaban J connectivity index is 1.96. The molecule has 126 valence electrons. The van der Waals surface area contributed by atoms with E-state index in [1.54, 1.807) is 31.2 Å². The molecule has 0 aromatic heterocycles. The molecule has 2 rings (SSSR count). The van der Waals surface area contributed by atoms with Gasteiger partial charge in [0.15, 0.2) is 0 Å². The minimum absolute atomic E-state index is 0.311. The van der Waals surface area contributed by atoms with Crippen molar-refractivity contribution in [2.45, 2.75) is 26.7 Å². The third-order valence-corrected chi connectivity index (χ3v) is 3.38. The number of ether oxygens (including phenoxy) is 1. The summed E-state index contributed by atoms with van der Waals surface area (Å²) in [5.74, 6) is -0.409. The Morgan fingerprint density at radius 2 is 1.67 bits per heavy atom. The predicted molar refractivity (Wildman–Crippen MR) is 95.5 cm³/mol. The van der Waals surface area contributed by atoms with Crippen LogP contribution in [0.5, 0.6) is 0 Å². The second-order valence-electron chi connectivity index (χ2n) is 5.33. The molecule has 2 aromatic carbocycles. The van der Waals surface area contributed by atoms with E-state index in [2.05, 4.69) is 17.6 Å². The topological polar surface area (TPSA) is 67.4 Å². The fraction of sp³-hybridized carbons (Fsp3) is 0.263. The maximum Gasteiger partial charge on any atom is 0.338 e. The summed E-state index contributed by atoms with van der Waals surface area (Å²) in [4.78, 5) is 23.8. The Labute approximate surface area is 142 Å². The molecular weight excluding hydrogens is 304 g/mol. The zero-order chi connectivity index (χ0) is 17.4. The van der Waals surface area contributed by atoms with E-state index in [0.29, 0.717) is 23.5 Å². The van der Waals surface area contributed by atoms with Crippen molar-refractivity contribution >= 4 is 23.4 Å². The lowest BCUT2D eigenvalue weighted by Crippen LogP contribution is -2.19. The number of nitrogens with one attached hydrogen (secondary N) is 2. The van der Waals surface area contributed by atoms with Crippen LogP contribution in [0.4, 0.5) is 16.2 Å². The van der Waals surface area contributed by atoms with Crippen molar-refractivity contribution in [3.05, 3.63) is 59.7 Å². The fourth-order valence-electron chi connectivity index (χ4n) is 2.28. The molecule has 0 spiro atoms. The van der Waals surface area contributed by atoms with Crippen LogP contribution < -0.4 is 10.6 Å². The largest absolute Gasteiger partial charge is 0.462 e. The number of carbonyl (C=O) groups excluding carboxylic acids is 2. The molecule has 0 radical (unpaired) electrons. The van der Waals surface area contributed by atoms with Gasteiger partial charge in [-0.2, -0.15) is 0 Å². The van der Waals surface area contributed by atoms with E-state index in [0.717, 1.165) is 12.8 Å². The van der Waals surface area contributed by atoms with Gasteiger partial charge in [-0.15, -0.1) is 0 Å². The molecule has 0 aliphatic carbocycles. The van der Waals surface area contributed by atoms with Crippen molar-refractivity contribution in [1.82, 2.24) is 0 Å². The van der Waals surface area contributed by atoms with Gasteiger partial charge >= 0.3 is 12.0 Å². The maximum atomic E-state index is 12.1. The number of urea groups is 1. The van der Waals surface area contributed by atoms with Gasteiger partial charge in [0.25, 0.3) is 0 Å². The van der Waals surface area contributed by atoms with E-state index in [1.807, 2.05) is 24.3 Å². The molecule has 0 aliphatic rings. The van der Waals surface area contributed by atoms with Crippen molar-refractivity contribution in [3.8, 4) is 0 Å². The number of amides is 2. The first-order valence-corrected chi connectivity index (χ1v) is 8.06. The van der Waals surface area contributed by atoms with Crippen molar-refractivity contribution in [1.29, 1.82) is 0 Å². The van der Waals surface area contributed by atoms with Crippen LogP contribution in [0.2, 0.25) is 0 Å². The molecule has 5 nitrogen and oxygen atoms in total. The van der Waals surface area contributed by atoms with Crippen molar-refractivity contribution in [2.75, 3.05) is 17.2 Å². The van der Waals surface area contributed by atoms with Crippen molar-refractivity contribution < 1.29 is 14.3 Å². The monoisotopic (exact) mass is 326 g/mol. The highest BCUT2D eigenvalue weighted by Gasteiger charge is 2.08. The third-order valence-electron chi connectivity index (χ3n) is 3.38. The molecule has 0 aliphatic heterocycles. The number of esters is 1. The quantitative estimate of drug-likeness (QED) is 0.770. The van der Waals surface area contributed by atoms with Crippen molar-refractivity contribution in [2.24, 2.45) is 0 Å². The first-order chi connectivity index (χ1) is 11.6. The van der Waals surface area contributed by atoms with Gasteiger partial charge in [0, 0.05) is 11.4 Å². The molecule has 0 fully saturated rings. The summed E-state index contributed by atoms with van der Waals surface area (Å²) in [5.41, 5.74) is 2.89. The van der Waals surface area contributed by atoms with Crippen LogP contribution >= 0.6 is 0 Å². The highest BCUT2D eigenvalue weighted by molar-refractivity contribution is 6.00. The number of benzene rings is 2. The maximum absolute atomic E-state index is 12.1. The first kappa shape index (κ1) is 17.5. The average Bonchev–Trinajstić information content (AvgIpc) is 2.57. The number of aryl methyl sites for hydroxylation is 1. The van der Waals surface area contributed by atoms with Crippen molar-refractivity contribution in [3.63, 3.8) is 0 Å². The second kappa shape index (κ2) is 8.72. The van der Waals surface area contributed by atoms with E-state index in [4.69, 9.17) is 4.74 Å². The minimum Gasteiger partial charge on any atom is -0.462 e. The Kier molecular flexibility index (Phi) is 6.37. The molecule has 0 heterocycles. The van der Waals surface area contributed by atoms with E-state index in [9.17, 15) is 9.59 Å². The summed E-state index contributed by atoms with van der Waals surface area (Å²) >= 11 is 0. The van der Waals surface area contributed by atoms with Gasteiger partial charge in [0.1, 0.15) is 0 Å². The number of hydrogen-bond donors (Lipinski definition) is 2. The first-order valence-electron chi connectivity index (χ1n) is 8.06. The van der Waals surface area contributed by atoms with Gasteiger partial charge in [0.2, 0.25) is 0 Å². The molecule has 2 amide bonds. The highest BCUT2D eigenvalue weighted by Crippen LogP contribution is 2.14. The summed E-state index contributed by atoms with van der Waals surface area (Å²) in [7, 11) is 0. The van der Waals surface area contributed by atoms with Gasteiger partial charge in [-0.05, 0) is 49.2 Å². The van der Waals surface area contributed by atoms with E-state index in [1.165, 1.54) is 5.56 Å². The predicted octanol–water partition coefficient (Wildman–Crippen LogP) is 4.46. The van der Waals surface area contributed by atoms with E-state index in [-0.39, 0.29) is 6.03 Å². The molecule has 0 saturated carbocycles. The van der Waals surface area contributed by atoms with Crippen LogP contribution in [0.25, 0.3) is 0 Å². The Hall–Kier alpha value is -2.82. The molecule has 0 saturated heterocycles. The lowest BCUT2D eigenvalue weighted by molar-refractivity contribution is 0.0526. The molecule has 0 atom stereocenters. The number of hydrogen-bond acceptors (Lipinski definition) is 3. The van der Waals surface area contributed by atoms with Crippen LogP contribution in [0.15, 0.2) is 48.5 Å².